The second kappa shape index (κ2) is 9.63. The summed E-state index contributed by atoms with van der Waals surface area (Å²) in [7, 11) is 0. The molecule has 2 aliphatic rings. The molecule has 25 heavy (non-hydrogen) atoms. The van der Waals surface area contributed by atoms with Crippen molar-refractivity contribution in [1.29, 1.82) is 0 Å². The molecule has 0 radical (unpaired) electrons. The quantitative estimate of drug-likeness (QED) is 0.631. The number of hydrogen-bond donors (Lipinski definition) is 3. The van der Waals surface area contributed by atoms with Gasteiger partial charge < -0.3 is 20.9 Å². The van der Waals surface area contributed by atoms with Gasteiger partial charge >= 0.3 is 6.03 Å². The van der Waals surface area contributed by atoms with Crippen LogP contribution in [0.25, 0.3) is 0 Å². The van der Waals surface area contributed by atoms with Crippen LogP contribution < -0.4 is 16.0 Å². The van der Waals surface area contributed by atoms with Crippen LogP contribution in [0.3, 0.4) is 0 Å². The van der Waals surface area contributed by atoms with Gasteiger partial charge in [0.15, 0.2) is 0 Å². The van der Waals surface area contributed by atoms with E-state index in [1.807, 2.05) is 13.8 Å². The summed E-state index contributed by atoms with van der Waals surface area (Å²) in [4.78, 5) is 38.0. The Morgan fingerprint density at radius 1 is 1.24 bits per heavy atom. The monoisotopic (exact) mass is 352 g/mol. The highest BCUT2D eigenvalue weighted by Gasteiger charge is 2.34. The molecule has 0 bridgehead atoms. The molecule has 4 amide bonds. The van der Waals surface area contributed by atoms with Crippen LogP contribution in [-0.4, -0.2) is 54.5 Å². The van der Waals surface area contributed by atoms with E-state index in [1.165, 1.54) is 19.3 Å². The lowest BCUT2D eigenvalue weighted by Gasteiger charge is -2.37. The van der Waals surface area contributed by atoms with Gasteiger partial charge in [-0.2, -0.15) is 0 Å². The predicted molar refractivity (Wildman–Crippen MR) is 96.0 cm³/mol. The highest BCUT2D eigenvalue weighted by Crippen LogP contribution is 2.17. The lowest BCUT2D eigenvalue weighted by atomic mass is 9.96. The minimum Gasteiger partial charge on any atom is -0.353 e. The molecule has 3 N–H and O–H groups in total. The van der Waals surface area contributed by atoms with Gasteiger partial charge in [-0.25, -0.2) is 4.79 Å². The molecular formula is C18H32N4O3. The predicted octanol–water partition coefficient (Wildman–Crippen LogP) is 1.38. The number of nitrogens with zero attached hydrogens (tertiary/aromatic N) is 1. The fraction of sp³-hybridized carbons (Fsp3) is 0.833. The van der Waals surface area contributed by atoms with Gasteiger partial charge in [0.25, 0.3) is 0 Å². The molecule has 1 saturated heterocycles. The molecule has 2 fully saturated rings. The Kier molecular flexibility index (Phi) is 7.52. The minimum atomic E-state index is -0.385. The van der Waals surface area contributed by atoms with Crippen LogP contribution in [0, 0.1) is 5.92 Å². The summed E-state index contributed by atoms with van der Waals surface area (Å²) in [5.41, 5.74) is 0. The standard InChI is InChI=1S/C18H32N4O3/c1-13(2)16-17(24)19-11-12-22(16)15(23)9-6-10-20-18(25)21-14-7-4-3-5-8-14/h13-14,16H,3-12H2,1-2H3,(H,19,24)(H2,20,21,25). The Morgan fingerprint density at radius 3 is 2.64 bits per heavy atom. The molecular weight excluding hydrogens is 320 g/mol. The first-order valence-corrected chi connectivity index (χ1v) is 9.60. The van der Waals surface area contributed by atoms with E-state index in [0.29, 0.717) is 32.5 Å². The molecule has 0 spiro atoms. The summed E-state index contributed by atoms with van der Waals surface area (Å²) >= 11 is 0. The van der Waals surface area contributed by atoms with Gasteiger partial charge in [-0.3, -0.25) is 9.59 Å². The van der Waals surface area contributed by atoms with E-state index in [9.17, 15) is 14.4 Å². The summed E-state index contributed by atoms with van der Waals surface area (Å²) in [5.74, 6) is 0.00581. The number of rotatable bonds is 6. The van der Waals surface area contributed by atoms with Crippen molar-refractivity contribution in [3.63, 3.8) is 0 Å². The lowest BCUT2D eigenvalue weighted by Crippen LogP contribution is -2.59. The van der Waals surface area contributed by atoms with Gasteiger partial charge in [-0.15, -0.1) is 0 Å². The molecule has 1 unspecified atom stereocenters. The van der Waals surface area contributed by atoms with E-state index in [4.69, 9.17) is 0 Å². The largest absolute Gasteiger partial charge is 0.353 e. The minimum absolute atomic E-state index is 0.0111. The Bertz CT molecular complexity index is 475. The Labute approximate surface area is 150 Å². The molecule has 0 aromatic rings. The van der Waals surface area contributed by atoms with E-state index in [-0.39, 0.29) is 35.8 Å². The van der Waals surface area contributed by atoms with Crippen LogP contribution in [0.15, 0.2) is 0 Å². The number of carbonyl (C=O) groups excluding carboxylic acids is 3. The van der Waals surface area contributed by atoms with Crippen molar-refractivity contribution in [2.24, 2.45) is 5.92 Å². The third-order valence-corrected chi connectivity index (χ3v) is 5.00. The second-order valence-electron chi connectivity index (χ2n) is 7.41. The van der Waals surface area contributed by atoms with Crippen LogP contribution in [-0.2, 0) is 9.59 Å². The first-order chi connectivity index (χ1) is 12.0. The van der Waals surface area contributed by atoms with E-state index in [0.717, 1.165) is 12.8 Å². The Morgan fingerprint density at radius 2 is 1.96 bits per heavy atom. The molecule has 1 saturated carbocycles. The summed E-state index contributed by atoms with van der Waals surface area (Å²) in [5, 5.41) is 8.65. The molecule has 1 aliphatic carbocycles. The Balaban J connectivity index is 1.67. The van der Waals surface area contributed by atoms with Gasteiger partial charge in [0.05, 0.1) is 0 Å². The first-order valence-electron chi connectivity index (χ1n) is 9.60. The highest BCUT2D eigenvalue weighted by molar-refractivity contribution is 5.89. The number of piperazine rings is 1. The third-order valence-electron chi connectivity index (χ3n) is 5.00. The van der Waals surface area contributed by atoms with Crippen molar-refractivity contribution in [2.75, 3.05) is 19.6 Å². The summed E-state index contributed by atoms with van der Waals surface area (Å²) in [6, 6.07) is -0.241. The van der Waals surface area contributed by atoms with Crippen molar-refractivity contribution >= 4 is 17.8 Å². The number of amides is 4. The van der Waals surface area contributed by atoms with Crippen LogP contribution >= 0.6 is 0 Å². The molecule has 1 atom stereocenters. The SMILES string of the molecule is CC(C)C1C(=O)NCCN1C(=O)CCCNC(=O)NC1CCCCC1. The Hall–Kier alpha value is -1.79. The second-order valence-corrected chi connectivity index (χ2v) is 7.41. The average molecular weight is 352 g/mol. The van der Waals surface area contributed by atoms with E-state index >= 15 is 0 Å². The number of nitrogens with one attached hydrogen (secondary N) is 3. The topological polar surface area (TPSA) is 90.5 Å². The van der Waals surface area contributed by atoms with E-state index in [2.05, 4.69) is 16.0 Å². The number of carbonyl (C=O) groups is 3. The van der Waals surface area contributed by atoms with Gasteiger partial charge in [0.2, 0.25) is 11.8 Å². The molecule has 0 aromatic carbocycles. The van der Waals surface area contributed by atoms with Crippen LogP contribution in [0.4, 0.5) is 4.79 Å². The molecule has 142 valence electrons. The molecule has 0 aromatic heterocycles. The zero-order valence-electron chi connectivity index (χ0n) is 15.5. The fourth-order valence-corrected chi connectivity index (χ4v) is 3.70. The fourth-order valence-electron chi connectivity index (χ4n) is 3.70. The summed E-state index contributed by atoms with van der Waals surface area (Å²) in [6.45, 7) is 5.44. The zero-order chi connectivity index (χ0) is 18.2. The zero-order valence-corrected chi connectivity index (χ0v) is 15.5. The molecule has 2 rings (SSSR count). The average Bonchev–Trinajstić information content (AvgIpc) is 2.58. The van der Waals surface area contributed by atoms with Gasteiger partial charge in [-0.05, 0) is 25.2 Å². The normalized spacial score (nSPS) is 21.8. The van der Waals surface area contributed by atoms with E-state index in [1.54, 1.807) is 4.90 Å². The first kappa shape index (κ1) is 19.5. The molecule has 7 nitrogen and oxygen atoms in total. The third kappa shape index (κ3) is 5.90. The highest BCUT2D eigenvalue weighted by atomic mass is 16.2. The number of urea groups is 1. The maximum Gasteiger partial charge on any atom is 0.315 e. The van der Waals surface area contributed by atoms with Crippen LogP contribution in [0.2, 0.25) is 0 Å². The van der Waals surface area contributed by atoms with Crippen molar-refractivity contribution in [3.8, 4) is 0 Å². The van der Waals surface area contributed by atoms with E-state index < -0.39 is 0 Å². The van der Waals surface area contributed by atoms with Crippen molar-refractivity contribution in [2.45, 2.75) is 70.9 Å². The summed E-state index contributed by atoms with van der Waals surface area (Å²) in [6.07, 6.45) is 6.66. The summed E-state index contributed by atoms with van der Waals surface area (Å²) < 4.78 is 0. The van der Waals surface area contributed by atoms with Crippen molar-refractivity contribution in [3.05, 3.63) is 0 Å². The molecule has 1 aliphatic heterocycles. The van der Waals surface area contributed by atoms with Crippen molar-refractivity contribution < 1.29 is 14.4 Å². The van der Waals surface area contributed by atoms with Gasteiger partial charge in [-0.1, -0.05) is 33.1 Å². The number of hydrogen-bond acceptors (Lipinski definition) is 3. The van der Waals surface area contributed by atoms with Crippen LogP contribution in [0.1, 0.15) is 58.8 Å². The molecule has 7 heteroatoms. The maximum absolute atomic E-state index is 12.4. The van der Waals surface area contributed by atoms with Crippen LogP contribution in [0.5, 0.6) is 0 Å². The van der Waals surface area contributed by atoms with Gasteiger partial charge in [0, 0.05) is 32.1 Å². The smallest absolute Gasteiger partial charge is 0.315 e. The maximum atomic E-state index is 12.4. The van der Waals surface area contributed by atoms with Gasteiger partial charge in [0.1, 0.15) is 6.04 Å². The lowest BCUT2D eigenvalue weighted by molar-refractivity contribution is -0.145. The van der Waals surface area contributed by atoms with Crippen molar-refractivity contribution in [1.82, 2.24) is 20.9 Å². The molecule has 1 heterocycles.